The van der Waals surface area contributed by atoms with Crippen LogP contribution in [0.4, 0.5) is 5.13 Å². The predicted octanol–water partition coefficient (Wildman–Crippen LogP) is 2.01. The fourth-order valence-corrected chi connectivity index (χ4v) is 2.37. The maximum Gasteiger partial charge on any atom is 0.203 e. The van der Waals surface area contributed by atoms with Crippen LogP contribution in [0.15, 0.2) is 4.34 Å². The van der Waals surface area contributed by atoms with Crippen molar-refractivity contribution in [2.45, 2.75) is 24.1 Å². The van der Waals surface area contributed by atoms with E-state index in [1.807, 2.05) is 0 Å². The van der Waals surface area contributed by atoms with Crippen LogP contribution in [0.3, 0.4) is 0 Å². The van der Waals surface area contributed by atoms with E-state index in [2.05, 4.69) is 17.1 Å². The van der Waals surface area contributed by atoms with Crippen molar-refractivity contribution in [3.05, 3.63) is 0 Å². The Hall–Kier alpha value is -0.290. The van der Waals surface area contributed by atoms with Gasteiger partial charge in [-0.2, -0.15) is 0 Å². The maximum absolute atomic E-state index is 5.41. The monoisotopic (exact) mass is 189 g/mol. The lowest BCUT2D eigenvalue weighted by Gasteiger charge is -1.91. The molecule has 0 unspecified atom stereocenters. The zero-order valence-electron chi connectivity index (χ0n) is 6.41. The van der Waals surface area contributed by atoms with Crippen LogP contribution in [0.5, 0.6) is 0 Å². The summed E-state index contributed by atoms with van der Waals surface area (Å²) < 4.78 is 0.982. The van der Waals surface area contributed by atoms with Crippen LogP contribution < -0.4 is 5.73 Å². The van der Waals surface area contributed by atoms with Gasteiger partial charge in [-0.3, -0.25) is 0 Å². The number of rotatable bonds is 4. The van der Waals surface area contributed by atoms with Crippen LogP contribution in [0.25, 0.3) is 0 Å². The Bertz CT molecular complexity index is 211. The average molecular weight is 189 g/mol. The molecule has 1 heterocycles. The maximum atomic E-state index is 5.41. The second-order valence-electron chi connectivity index (χ2n) is 2.11. The molecular weight excluding hydrogens is 178 g/mol. The summed E-state index contributed by atoms with van der Waals surface area (Å²) in [6, 6.07) is 0. The second kappa shape index (κ2) is 4.56. The normalized spacial score (nSPS) is 10.3. The number of nitrogens with zero attached hydrogens (tertiary/aromatic N) is 2. The molecule has 1 rings (SSSR count). The molecule has 0 atom stereocenters. The van der Waals surface area contributed by atoms with Crippen molar-refractivity contribution >= 4 is 28.2 Å². The first-order chi connectivity index (χ1) is 5.33. The summed E-state index contributed by atoms with van der Waals surface area (Å²) in [5.41, 5.74) is 5.41. The van der Waals surface area contributed by atoms with E-state index in [9.17, 15) is 0 Å². The largest absolute Gasteiger partial charge is 0.374 e. The van der Waals surface area contributed by atoms with Gasteiger partial charge in [0.15, 0.2) is 4.34 Å². The number of hydrogen-bond acceptors (Lipinski definition) is 5. The molecule has 0 saturated carbocycles. The minimum atomic E-state index is 0.559. The number of thioether (sulfide) groups is 1. The van der Waals surface area contributed by atoms with E-state index < -0.39 is 0 Å². The molecule has 0 saturated heterocycles. The van der Waals surface area contributed by atoms with Crippen molar-refractivity contribution in [2.24, 2.45) is 0 Å². The van der Waals surface area contributed by atoms with E-state index >= 15 is 0 Å². The molecule has 1 aromatic rings. The highest BCUT2D eigenvalue weighted by Gasteiger charge is 1.99. The van der Waals surface area contributed by atoms with Gasteiger partial charge < -0.3 is 5.73 Å². The third-order valence-corrected chi connectivity index (χ3v) is 3.12. The van der Waals surface area contributed by atoms with E-state index in [1.54, 1.807) is 11.8 Å². The summed E-state index contributed by atoms with van der Waals surface area (Å²) in [5, 5.41) is 8.17. The molecule has 62 valence electrons. The predicted molar refractivity (Wildman–Crippen MR) is 50.0 cm³/mol. The zero-order chi connectivity index (χ0) is 8.10. The molecule has 0 fully saturated rings. The molecule has 11 heavy (non-hydrogen) atoms. The van der Waals surface area contributed by atoms with Gasteiger partial charge in [0.05, 0.1) is 0 Å². The van der Waals surface area contributed by atoms with Gasteiger partial charge in [0, 0.05) is 5.75 Å². The van der Waals surface area contributed by atoms with Crippen molar-refractivity contribution in [1.29, 1.82) is 0 Å². The van der Waals surface area contributed by atoms with E-state index in [0.717, 1.165) is 10.1 Å². The highest BCUT2D eigenvalue weighted by atomic mass is 32.2. The van der Waals surface area contributed by atoms with E-state index in [1.165, 1.54) is 24.2 Å². The van der Waals surface area contributed by atoms with Crippen molar-refractivity contribution in [3.8, 4) is 0 Å². The fourth-order valence-electron chi connectivity index (χ4n) is 0.583. The number of anilines is 1. The van der Waals surface area contributed by atoms with Gasteiger partial charge in [-0.15, -0.1) is 10.2 Å². The summed E-state index contributed by atoms with van der Waals surface area (Å²) in [7, 11) is 0. The van der Waals surface area contributed by atoms with Crippen molar-refractivity contribution < 1.29 is 0 Å². The lowest BCUT2D eigenvalue weighted by molar-refractivity contribution is 0.894. The lowest BCUT2D eigenvalue weighted by Crippen LogP contribution is -1.80. The Kier molecular flexibility index (Phi) is 3.65. The summed E-state index contributed by atoms with van der Waals surface area (Å²) in [4.78, 5) is 0. The smallest absolute Gasteiger partial charge is 0.203 e. The van der Waals surface area contributed by atoms with Crippen LogP contribution in [-0.4, -0.2) is 16.0 Å². The van der Waals surface area contributed by atoms with E-state index in [4.69, 9.17) is 5.73 Å². The molecule has 0 aliphatic rings. The van der Waals surface area contributed by atoms with Crippen LogP contribution >= 0.6 is 23.1 Å². The SMILES string of the molecule is CCCCSc1nnc(N)s1. The third-order valence-electron chi connectivity index (χ3n) is 1.15. The van der Waals surface area contributed by atoms with Crippen LogP contribution in [0.2, 0.25) is 0 Å². The quantitative estimate of drug-likeness (QED) is 0.581. The molecule has 0 amide bonds. The highest BCUT2D eigenvalue weighted by molar-refractivity contribution is 8.01. The van der Waals surface area contributed by atoms with Gasteiger partial charge in [0.2, 0.25) is 5.13 Å². The van der Waals surface area contributed by atoms with Gasteiger partial charge in [-0.25, -0.2) is 0 Å². The average Bonchev–Trinajstić information content (AvgIpc) is 2.37. The Morgan fingerprint density at radius 3 is 2.91 bits per heavy atom. The van der Waals surface area contributed by atoms with Crippen LogP contribution in [0, 0.1) is 0 Å². The van der Waals surface area contributed by atoms with Gasteiger partial charge in [-0.05, 0) is 6.42 Å². The van der Waals surface area contributed by atoms with Crippen molar-refractivity contribution in [2.75, 3.05) is 11.5 Å². The number of hydrogen-bond donors (Lipinski definition) is 1. The van der Waals surface area contributed by atoms with Gasteiger partial charge >= 0.3 is 0 Å². The highest BCUT2D eigenvalue weighted by Crippen LogP contribution is 2.23. The van der Waals surface area contributed by atoms with Crippen LogP contribution in [-0.2, 0) is 0 Å². The summed E-state index contributed by atoms with van der Waals surface area (Å²) in [5.74, 6) is 1.12. The Morgan fingerprint density at radius 2 is 2.36 bits per heavy atom. The van der Waals surface area contributed by atoms with Gasteiger partial charge in [-0.1, -0.05) is 36.4 Å². The van der Waals surface area contributed by atoms with Crippen LogP contribution in [0.1, 0.15) is 19.8 Å². The van der Waals surface area contributed by atoms with Gasteiger partial charge in [0.1, 0.15) is 0 Å². The molecule has 2 N–H and O–H groups in total. The molecule has 0 aliphatic carbocycles. The molecule has 0 bridgehead atoms. The Morgan fingerprint density at radius 1 is 1.55 bits per heavy atom. The molecule has 0 aliphatic heterocycles. The molecular formula is C6H11N3S2. The lowest BCUT2D eigenvalue weighted by atomic mass is 10.4. The first-order valence-electron chi connectivity index (χ1n) is 3.54. The van der Waals surface area contributed by atoms with Gasteiger partial charge in [0.25, 0.3) is 0 Å². The van der Waals surface area contributed by atoms with Crippen molar-refractivity contribution in [3.63, 3.8) is 0 Å². The second-order valence-corrected chi connectivity index (χ2v) is 4.46. The number of nitrogens with two attached hydrogens (primary N) is 1. The minimum Gasteiger partial charge on any atom is -0.374 e. The first kappa shape index (κ1) is 8.80. The summed E-state index contributed by atoms with van der Waals surface area (Å²) in [6.07, 6.45) is 2.45. The summed E-state index contributed by atoms with van der Waals surface area (Å²) in [6.45, 7) is 2.18. The Balaban J connectivity index is 2.27. The molecule has 3 nitrogen and oxygen atoms in total. The standard InChI is InChI=1S/C6H11N3S2/c1-2-3-4-10-6-9-8-5(7)11-6/h2-4H2,1H3,(H2,7,8). The minimum absolute atomic E-state index is 0.559. The van der Waals surface area contributed by atoms with E-state index in [-0.39, 0.29) is 0 Å². The van der Waals surface area contributed by atoms with Crippen molar-refractivity contribution in [1.82, 2.24) is 10.2 Å². The number of unbranched alkanes of at least 4 members (excludes halogenated alkanes) is 1. The third kappa shape index (κ3) is 3.07. The molecule has 0 spiro atoms. The molecule has 0 radical (unpaired) electrons. The number of nitrogen functional groups attached to an aromatic ring is 1. The molecule has 0 aromatic carbocycles. The number of aromatic nitrogens is 2. The Labute approximate surface area is 74.4 Å². The topological polar surface area (TPSA) is 51.8 Å². The summed E-state index contributed by atoms with van der Waals surface area (Å²) >= 11 is 3.19. The first-order valence-corrected chi connectivity index (χ1v) is 5.35. The molecule has 5 heteroatoms. The van der Waals surface area contributed by atoms with E-state index in [0.29, 0.717) is 5.13 Å². The fraction of sp³-hybridized carbons (Fsp3) is 0.667. The molecule has 1 aromatic heterocycles. The zero-order valence-corrected chi connectivity index (χ0v) is 8.04.